The fourth-order valence-corrected chi connectivity index (χ4v) is 3.17. The molecule has 128 valence electrons. The van der Waals surface area contributed by atoms with Crippen molar-refractivity contribution in [1.29, 1.82) is 0 Å². The molecule has 5 nitrogen and oxygen atoms in total. The van der Waals surface area contributed by atoms with Crippen LogP contribution in [0.3, 0.4) is 0 Å². The molecule has 9 heteroatoms. The third kappa shape index (κ3) is 4.93. The lowest BCUT2D eigenvalue weighted by molar-refractivity contribution is -0.883. The maximum absolute atomic E-state index is 12.5. The second kappa shape index (κ2) is 7.31. The van der Waals surface area contributed by atoms with Gasteiger partial charge < -0.3 is 15.1 Å². The topological polar surface area (TPSA) is 53.9 Å². The Morgan fingerprint density at radius 3 is 2.57 bits per heavy atom. The first-order chi connectivity index (χ1) is 10.8. The summed E-state index contributed by atoms with van der Waals surface area (Å²) in [6, 6.07) is 2.34. The molecule has 1 saturated heterocycles. The van der Waals surface area contributed by atoms with Gasteiger partial charge in [-0.25, -0.2) is 0 Å². The monoisotopic (exact) mass is 350 g/mol. The molecular weight excluding hydrogens is 331 g/mol. The van der Waals surface area contributed by atoms with Gasteiger partial charge in [-0.1, -0.05) is 6.07 Å². The molecule has 2 N–H and O–H groups in total. The fraction of sp³-hybridized carbons (Fsp3) is 0.571. The van der Waals surface area contributed by atoms with Crippen LogP contribution in [0.25, 0.3) is 0 Å². The summed E-state index contributed by atoms with van der Waals surface area (Å²) in [4.78, 5) is 27.0. The molecule has 0 bridgehead atoms. The number of amides is 2. The molecule has 2 rings (SSSR count). The summed E-state index contributed by atoms with van der Waals surface area (Å²) in [6.45, 7) is 2.78. The predicted octanol–water partition coefficient (Wildman–Crippen LogP) is 0.215. The standard InChI is InChI=1S/C14H18F3N3O2S/c1-19-4-6-20(7-5-19)12(21)9-10(11-3-2-8-23-11)18-13(22)14(15,16)17/h2-3,8,10H,4-7,9H2,1H3,(H,18,22)/p+1/t10-/m1/s1. The number of hydrogen-bond donors (Lipinski definition) is 2. The van der Waals surface area contributed by atoms with Gasteiger partial charge in [-0.05, 0) is 11.4 Å². The van der Waals surface area contributed by atoms with Gasteiger partial charge in [0.2, 0.25) is 5.91 Å². The molecule has 0 aliphatic carbocycles. The molecular formula is C14H19F3N3O2S+. The van der Waals surface area contributed by atoms with E-state index in [4.69, 9.17) is 0 Å². The summed E-state index contributed by atoms with van der Waals surface area (Å²) in [6.07, 6.45) is -5.13. The number of rotatable bonds is 4. The van der Waals surface area contributed by atoms with Crippen LogP contribution in [-0.4, -0.2) is 56.1 Å². The summed E-state index contributed by atoms with van der Waals surface area (Å²) in [5.41, 5.74) is 0. The summed E-state index contributed by atoms with van der Waals surface area (Å²) in [5.74, 6) is -2.26. The molecule has 1 fully saturated rings. The number of hydrogen-bond acceptors (Lipinski definition) is 3. The second-order valence-electron chi connectivity index (χ2n) is 5.58. The zero-order valence-electron chi connectivity index (χ0n) is 12.7. The summed E-state index contributed by atoms with van der Waals surface area (Å²) in [7, 11) is 2.03. The number of alkyl halides is 3. The first-order valence-electron chi connectivity index (χ1n) is 7.27. The van der Waals surface area contributed by atoms with Gasteiger partial charge in [-0.3, -0.25) is 9.59 Å². The highest BCUT2D eigenvalue weighted by molar-refractivity contribution is 7.10. The SMILES string of the molecule is C[NH+]1CCN(C(=O)C[C@@H](NC(=O)C(F)(F)F)c2cccs2)CC1. The van der Waals surface area contributed by atoms with Gasteiger partial charge in [-0.15, -0.1) is 11.3 Å². The van der Waals surface area contributed by atoms with E-state index in [1.165, 1.54) is 16.2 Å². The van der Waals surface area contributed by atoms with Gasteiger partial charge in [0.15, 0.2) is 0 Å². The highest BCUT2D eigenvalue weighted by atomic mass is 32.1. The molecule has 0 unspecified atom stereocenters. The van der Waals surface area contributed by atoms with Crippen molar-refractivity contribution in [3.05, 3.63) is 22.4 Å². The summed E-state index contributed by atoms with van der Waals surface area (Å²) < 4.78 is 37.4. The van der Waals surface area contributed by atoms with E-state index in [1.807, 2.05) is 12.4 Å². The minimum atomic E-state index is -4.96. The van der Waals surface area contributed by atoms with E-state index >= 15 is 0 Å². The van der Waals surface area contributed by atoms with E-state index in [0.29, 0.717) is 18.0 Å². The quantitative estimate of drug-likeness (QED) is 0.816. The second-order valence-corrected chi connectivity index (χ2v) is 6.56. The lowest BCUT2D eigenvalue weighted by Gasteiger charge is -2.31. The van der Waals surface area contributed by atoms with Crippen molar-refractivity contribution in [1.82, 2.24) is 10.2 Å². The zero-order valence-corrected chi connectivity index (χ0v) is 13.5. The highest BCUT2D eigenvalue weighted by Crippen LogP contribution is 2.25. The predicted molar refractivity (Wildman–Crippen MR) is 79.1 cm³/mol. The number of likely N-dealkylation sites (N-methyl/N-ethyl adjacent to an activating group) is 1. The largest absolute Gasteiger partial charge is 0.471 e. The molecule has 2 amide bonds. The van der Waals surface area contributed by atoms with Crippen LogP contribution < -0.4 is 10.2 Å². The first kappa shape index (κ1) is 17.7. The van der Waals surface area contributed by atoms with E-state index in [-0.39, 0.29) is 12.3 Å². The Bertz CT molecular complexity index is 540. The third-order valence-electron chi connectivity index (χ3n) is 3.80. The Hall–Kier alpha value is -1.61. The molecule has 1 aliphatic rings. The van der Waals surface area contributed by atoms with Crippen molar-refractivity contribution >= 4 is 23.2 Å². The fourth-order valence-electron chi connectivity index (χ4n) is 2.39. The van der Waals surface area contributed by atoms with Crippen molar-refractivity contribution in [3.8, 4) is 0 Å². The number of thiophene rings is 1. The van der Waals surface area contributed by atoms with Gasteiger partial charge in [0.05, 0.1) is 45.7 Å². The number of nitrogens with one attached hydrogen (secondary N) is 2. The average Bonchev–Trinajstić information content (AvgIpc) is 3.00. The summed E-state index contributed by atoms with van der Waals surface area (Å²) in [5, 5.41) is 3.63. The van der Waals surface area contributed by atoms with Gasteiger partial charge in [0.1, 0.15) is 0 Å². The van der Waals surface area contributed by atoms with E-state index < -0.39 is 18.1 Å². The van der Waals surface area contributed by atoms with Crippen LogP contribution in [0, 0.1) is 0 Å². The Morgan fingerprint density at radius 1 is 1.39 bits per heavy atom. The number of piperazine rings is 1. The number of quaternary nitrogens is 1. The van der Waals surface area contributed by atoms with Crippen LogP contribution in [0.2, 0.25) is 0 Å². The number of halogens is 3. The zero-order chi connectivity index (χ0) is 17.0. The maximum Gasteiger partial charge on any atom is 0.471 e. The van der Waals surface area contributed by atoms with Gasteiger partial charge >= 0.3 is 12.1 Å². The molecule has 0 radical (unpaired) electrons. The Labute approximate surface area is 136 Å². The van der Waals surface area contributed by atoms with Crippen LogP contribution in [0.5, 0.6) is 0 Å². The Balaban J connectivity index is 2.03. The maximum atomic E-state index is 12.5. The normalized spacial score (nSPS) is 17.8. The molecule has 1 aliphatic heterocycles. The van der Waals surface area contributed by atoms with E-state index in [9.17, 15) is 22.8 Å². The molecule has 1 aromatic rings. The van der Waals surface area contributed by atoms with E-state index in [2.05, 4.69) is 0 Å². The highest BCUT2D eigenvalue weighted by Gasteiger charge is 2.40. The Kier molecular flexibility index (Phi) is 5.64. The molecule has 0 spiro atoms. The van der Waals surface area contributed by atoms with Crippen molar-refractivity contribution in [3.63, 3.8) is 0 Å². The van der Waals surface area contributed by atoms with Crippen LogP contribution >= 0.6 is 11.3 Å². The van der Waals surface area contributed by atoms with Crippen molar-refractivity contribution in [2.45, 2.75) is 18.6 Å². The van der Waals surface area contributed by atoms with Crippen molar-refractivity contribution < 1.29 is 27.7 Å². The van der Waals surface area contributed by atoms with Crippen LogP contribution in [0.15, 0.2) is 17.5 Å². The minimum absolute atomic E-state index is 0.165. The van der Waals surface area contributed by atoms with Gasteiger partial charge in [0, 0.05) is 4.88 Å². The molecule has 0 saturated carbocycles. The molecule has 23 heavy (non-hydrogen) atoms. The van der Waals surface area contributed by atoms with E-state index in [0.717, 1.165) is 13.1 Å². The third-order valence-corrected chi connectivity index (χ3v) is 4.78. The van der Waals surface area contributed by atoms with Gasteiger partial charge in [-0.2, -0.15) is 13.2 Å². The van der Waals surface area contributed by atoms with Crippen LogP contribution in [-0.2, 0) is 9.59 Å². The van der Waals surface area contributed by atoms with Crippen molar-refractivity contribution in [2.24, 2.45) is 0 Å². The number of carbonyl (C=O) groups excluding carboxylic acids is 2. The summed E-state index contributed by atoms with van der Waals surface area (Å²) >= 11 is 1.22. The lowest BCUT2D eigenvalue weighted by Crippen LogP contribution is -3.12. The number of carbonyl (C=O) groups is 2. The molecule has 2 heterocycles. The number of nitrogens with zero attached hydrogens (tertiary/aromatic N) is 1. The van der Waals surface area contributed by atoms with Crippen LogP contribution in [0.1, 0.15) is 17.3 Å². The van der Waals surface area contributed by atoms with E-state index in [1.54, 1.807) is 22.4 Å². The minimum Gasteiger partial charge on any atom is -0.340 e. The van der Waals surface area contributed by atoms with Gasteiger partial charge in [0.25, 0.3) is 0 Å². The molecule has 0 aromatic carbocycles. The molecule has 1 atom stereocenters. The first-order valence-corrected chi connectivity index (χ1v) is 8.15. The van der Waals surface area contributed by atoms with Crippen molar-refractivity contribution in [2.75, 3.05) is 33.2 Å². The average molecular weight is 350 g/mol. The Morgan fingerprint density at radius 2 is 2.04 bits per heavy atom. The lowest BCUT2D eigenvalue weighted by atomic mass is 10.1. The molecule has 1 aromatic heterocycles. The van der Waals surface area contributed by atoms with Crippen LogP contribution in [0.4, 0.5) is 13.2 Å². The smallest absolute Gasteiger partial charge is 0.340 e.